The quantitative estimate of drug-likeness (QED) is 0.0824. The molecule has 0 unspecified atom stereocenters. The highest BCUT2D eigenvalue weighted by Crippen LogP contribution is 2.45. The van der Waals surface area contributed by atoms with Crippen molar-refractivity contribution < 1.29 is 58.7 Å². The van der Waals surface area contributed by atoms with E-state index in [1.165, 1.54) is 36.4 Å². The number of aryl methyl sites for hydroxylation is 2. The summed E-state index contributed by atoms with van der Waals surface area (Å²) in [6.07, 6.45) is -0.00646. The molecule has 0 fully saturated rings. The van der Waals surface area contributed by atoms with Gasteiger partial charge in [-0.1, -0.05) is 24.3 Å². The second-order valence-corrected chi connectivity index (χ2v) is 10.8. The van der Waals surface area contributed by atoms with Crippen LogP contribution in [0.5, 0.6) is 46.0 Å². The maximum absolute atomic E-state index is 12.7. The Morgan fingerprint density at radius 1 is 0.581 bits per heavy atom. The van der Waals surface area contributed by atoms with Crippen LogP contribution in [0.15, 0.2) is 72.8 Å². The van der Waals surface area contributed by atoms with Gasteiger partial charge >= 0.3 is 7.82 Å². The number of hydrogen-bond acceptors (Lipinski definition) is 11. The molecule has 0 spiro atoms. The van der Waals surface area contributed by atoms with Crippen molar-refractivity contribution in [2.75, 3.05) is 0 Å². The number of hydrogen-bond donors (Lipinski definition) is 7. The topological polar surface area (TPSA) is 211 Å². The smallest absolute Gasteiger partial charge is 0.508 e. The van der Waals surface area contributed by atoms with Gasteiger partial charge in [0, 0.05) is 37.1 Å². The number of phosphoric acid groups is 1. The highest BCUT2D eigenvalue weighted by Gasteiger charge is 2.26. The van der Waals surface area contributed by atoms with Gasteiger partial charge in [0.15, 0.2) is 11.6 Å². The molecule has 0 aliphatic rings. The number of phosphoric ester groups is 1. The lowest BCUT2D eigenvalue weighted by atomic mass is 10.0. The highest BCUT2D eigenvalue weighted by molar-refractivity contribution is 7.48. The van der Waals surface area contributed by atoms with Gasteiger partial charge in [0.1, 0.15) is 57.1 Å². The molecule has 0 saturated carbocycles. The average molecular weight is 611 g/mol. The Morgan fingerprint density at radius 2 is 0.930 bits per heavy atom. The molecule has 0 bridgehead atoms. The van der Waals surface area contributed by atoms with E-state index in [2.05, 4.69) is 0 Å². The Kier molecular flexibility index (Phi) is 9.13. The molecule has 0 amide bonds. The molecule has 13 heteroatoms. The van der Waals surface area contributed by atoms with E-state index >= 15 is 0 Å². The zero-order chi connectivity index (χ0) is 31.3. The Morgan fingerprint density at radius 3 is 1.28 bits per heavy atom. The minimum Gasteiger partial charge on any atom is -0.508 e. The number of rotatable bonds is 12. The predicted octanol–water partition coefficient (Wildman–Crippen LogP) is 5.11. The summed E-state index contributed by atoms with van der Waals surface area (Å²) in [5.41, 5.74) is 0.422. The molecular formula is C30H27O12P. The lowest BCUT2D eigenvalue weighted by molar-refractivity contribution is 0.0968. The number of aromatic hydroxyl groups is 6. The first-order valence-corrected chi connectivity index (χ1v) is 14.3. The fourth-order valence-corrected chi connectivity index (χ4v) is 5.13. The standard InChI is InChI=1S/C30H27O12P/c31-19-13-25(35)29(26(36)14-19)23(33)9-7-17-3-1-5-21(11-17)41-43(39,40)42-22-6-2-4-18(12-22)8-10-24(34)30-27(37)15-20(32)16-28(30)38/h1-6,11-16,31-32,35-38H,7-10H2,(H,39,40). The van der Waals surface area contributed by atoms with Crippen LogP contribution >= 0.6 is 7.82 Å². The fourth-order valence-electron chi connectivity index (χ4n) is 4.33. The number of phenolic OH excluding ortho intramolecular Hbond substituents is 6. The molecule has 7 N–H and O–H groups in total. The molecule has 4 aromatic rings. The van der Waals surface area contributed by atoms with Gasteiger partial charge in [-0.15, -0.1) is 0 Å². The van der Waals surface area contributed by atoms with Crippen LogP contribution in [0.1, 0.15) is 44.7 Å². The van der Waals surface area contributed by atoms with Gasteiger partial charge in [0.2, 0.25) is 0 Å². The maximum atomic E-state index is 12.7. The van der Waals surface area contributed by atoms with Crippen molar-refractivity contribution >= 4 is 19.4 Å². The Bertz CT molecular complexity index is 1560. The number of ketones is 2. The minimum atomic E-state index is -4.70. The third-order valence-electron chi connectivity index (χ3n) is 6.24. The summed E-state index contributed by atoms with van der Waals surface area (Å²) in [5.74, 6) is -4.29. The molecule has 43 heavy (non-hydrogen) atoms. The summed E-state index contributed by atoms with van der Waals surface area (Å²) >= 11 is 0. The number of carbonyl (C=O) groups excluding carboxylic acids is 2. The first-order valence-electron chi connectivity index (χ1n) is 12.8. The molecule has 0 aromatic heterocycles. The van der Waals surface area contributed by atoms with Crippen molar-refractivity contribution in [2.45, 2.75) is 25.7 Å². The van der Waals surface area contributed by atoms with E-state index in [4.69, 9.17) is 9.05 Å². The monoisotopic (exact) mass is 610 g/mol. The zero-order valence-corrected chi connectivity index (χ0v) is 23.3. The van der Waals surface area contributed by atoms with Gasteiger partial charge in [-0.3, -0.25) is 14.5 Å². The lowest BCUT2D eigenvalue weighted by Gasteiger charge is -2.15. The first kappa shape index (κ1) is 30.8. The summed E-state index contributed by atoms with van der Waals surface area (Å²) in [5, 5.41) is 58.4. The van der Waals surface area contributed by atoms with E-state index in [0.717, 1.165) is 24.3 Å². The third-order valence-corrected chi connectivity index (χ3v) is 7.12. The van der Waals surface area contributed by atoms with Gasteiger partial charge in [-0.2, -0.15) is 0 Å². The molecule has 4 aromatic carbocycles. The summed E-state index contributed by atoms with van der Waals surface area (Å²) in [7, 11) is -4.70. The summed E-state index contributed by atoms with van der Waals surface area (Å²) < 4.78 is 23.1. The van der Waals surface area contributed by atoms with Crippen molar-refractivity contribution in [1.82, 2.24) is 0 Å². The summed E-state index contributed by atoms with van der Waals surface area (Å²) in [6.45, 7) is 0. The van der Waals surface area contributed by atoms with E-state index in [-0.39, 0.29) is 48.3 Å². The Labute approximate surface area is 244 Å². The van der Waals surface area contributed by atoms with Crippen LogP contribution in [0.2, 0.25) is 0 Å². The van der Waals surface area contributed by atoms with E-state index in [9.17, 15) is 49.7 Å². The Hall–Kier alpha value is -5.19. The van der Waals surface area contributed by atoms with Crippen molar-refractivity contribution in [2.24, 2.45) is 0 Å². The predicted molar refractivity (Wildman–Crippen MR) is 152 cm³/mol. The van der Waals surface area contributed by atoms with Gasteiger partial charge in [0.05, 0.1) is 0 Å². The minimum absolute atomic E-state index is 0.0265. The van der Waals surface area contributed by atoms with E-state index in [1.54, 1.807) is 12.1 Å². The average Bonchev–Trinajstić information content (AvgIpc) is 2.89. The second kappa shape index (κ2) is 12.8. The number of phenols is 6. The van der Waals surface area contributed by atoms with E-state index in [1.807, 2.05) is 0 Å². The van der Waals surface area contributed by atoms with Gasteiger partial charge in [-0.05, 0) is 48.2 Å². The molecule has 0 aliphatic heterocycles. The van der Waals surface area contributed by atoms with Crippen LogP contribution in [-0.4, -0.2) is 47.1 Å². The zero-order valence-electron chi connectivity index (χ0n) is 22.4. The fraction of sp³-hybridized carbons (Fsp3) is 0.133. The maximum Gasteiger partial charge on any atom is 0.584 e. The van der Waals surface area contributed by atoms with E-state index < -0.39 is 53.9 Å². The molecule has 12 nitrogen and oxygen atoms in total. The number of carbonyl (C=O) groups is 2. The highest BCUT2D eigenvalue weighted by atomic mass is 31.2. The largest absolute Gasteiger partial charge is 0.584 e. The van der Waals surface area contributed by atoms with Crippen LogP contribution in [0, 0.1) is 0 Å². The third kappa shape index (κ3) is 7.97. The molecule has 0 atom stereocenters. The molecule has 4 rings (SSSR count). The molecule has 224 valence electrons. The summed E-state index contributed by atoms with van der Waals surface area (Å²) in [6, 6.07) is 15.8. The van der Waals surface area contributed by atoms with Crippen molar-refractivity contribution in [3.63, 3.8) is 0 Å². The SMILES string of the molecule is O=C(CCc1cccc(OP(=O)(O)Oc2cccc(CCC(=O)c3c(O)cc(O)cc3O)c2)c1)c1c(O)cc(O)cc1O. The molecular weight excluding hydrogens is 583 g/mol. The normalized spacial score (nSPS) is 11.2. The van der Waals surface area contributed by atoms with Crippen molar-refractivity contribution in [3.8, 4) is 46.0 Å². The van der Waals surface area contributed by atoms with Gasteiger partial charge in [0.25, 0.3) is 0 Å². The van der Waals surface area contributed by atoms with Crippen LogP contribution in [0.25, 0.3) is 0 Å². The van der Waals surface area contributed by atoms with Crippen molar-refractivity contribution in [3.05, 3.63) is 95.1 Å². The first-order chi connectivity index (χ1) is 20.3. The molecule has 0 heterocycles. The van der Waals surface area contributed by atoms with Crippen molar-refractivity contribution in [1.29, 1.82) is 0 Å². The van der Waals surface area contributed by atoms with Gasteiger partial charge < -0.3 is 39.7 Å². The van der Waals surface area contributed by atoms with Crippen LogP contribution in [0.3, 0.4) is 0 Å². The van der Waals surface area contributed by atoms with Crippen LogP contribution in [0.4, 0.5) is 0 Å². The Balaban J connectivity index is 1.36. The van der Waals surface area contributed by atoms with Crippen LogP contribution in [-0.2, 0) is 17.4 Å². The van der Waals surface area contributed by atoms with E-state index in [0.29, 0.717) is 11.1 Å². The second-order valence-electron chi connectivity index (χ2n) is 9.51. The lowest BCUT2D eigenvalue weighted by Crippen LogP contribution is -2.04. The molecule has 0 radical (unpaired) electrons. The molecule has 0 aliphatic carbocycles. The van der Waals surface area contributed by atoms with Crippen LogP contribution < -0.4 is 9.05 Å². The molecule has 0 saturated heterocycles. The number of benzene rings is 4. The summed E-state index contributed by atoms with van der Waals surface area (Å²) in [4.78, 5) is 35.4. The van der Waals surface area contributed by atoms with Gasteiger partial charge in [-0.25, -0.2) is 4.57 Å². The number of Topliss-reactive ketones (excluding diaryl/α,β-unsaturated/α-hetero) is 2.